The van der Waals surface area contributed by atoms with Gasteiger partial charge in [0.05, 0.1) is 12.3 Å². The van der Waals surface area contributed by atoms with E-state index in [1.54, 1.807) is 28.0 Å². The fraction of sp³-hybridized carbons (Fsp3) is 0.583. The molecule has 2 aliphatic rings. The van der Waals surface area contributed by atoms with Gasteiger partial charge in [-0.05, 0) is 19.3 Å². The van der Waals surface area contributed by atoms with E-state index in [9.17, 15) is 24.9 Å². The number of aliphatic hydroxyl groups excluding tert-OH is 3. The Labute approximate surface area is 202 Å². The van der Waals surface area contributed by atoms with Crippen molar-refractivity contribution in [2.24, 2.45) is 0 Å². The molecule has 2 aromatic rings. The van der Waals surface area contributed by atoms with Crippen molar-refractivity contribution in [2.45, 2.75) is 82.3 Å². The first-order valence-corrected chi connectivity index (χ1v) is 12.1. The third-order valence-electron chi connectivity index (χ3n) is 6.56. The molecule has 0 bridgehead atoms. The largest absolute Gasteiger partial charge is 0.481 e. The van der Waals surface area contributed by atoms with Crippen LogP contribution < -0.4 is 4.90 Å². The Morgan fingerprint density at radius 1 is 1.06 bits per heavy atom. The van der Waals surface area contributed by atoms with Gasteiger partial charge in [-0.15, -0.1) is 0 Å². The summed E-state index contributed by atoms with van der Waals surface area (Å²) in [5, 5.41) is 38.6. The number of aromatic nitrogens is 3. The van der Waals surface area contributed by atoms with Gasteiger partial charge in [-0.2, -0.15) is 0 Å². The normalized spacial score (nSPS) is 23.7. The average molecular weight is 489 g/mol. The van der Waals surface area contributed by atoms with Crippen LogP contribution in [0.1, 0.15) is 56.2 Å². The predicted molar refractivity (Wildman–Crippen MR) is 125 cm³/mol. The number of carbonyl (C=O) groups excluding carboxylic acids is 1. The summed E-state index contributed by atoms with van der Waals surface area (Å²) in [6.45, 7) is -0.409. The highest BCUT2D eigenvalue weighted by atomic mass is 16.6. The maximum absolute atomic E-state index is 12.5. The lowest BCUT2D eigenvalue weighted by Crippen LogP contribution is -2.43. The molecule has 2 aromatic heterocycles. The van der Waals surface area contributed by atoms with Gasteiger partial charge < -0.3 is 30.1 Å². The monoisotopic (exact) mass is 488 g/mol. The van der Waals surface area contributed by atoms with Crippen LogP contribution in [0.3, 0.4) is 0 Å². The zero-order valence-electron chi connectivity index (χ0n) is 19.5. The van der Waals surface area contributed by atoms with Crippen molar-refractivity contribution in [3.8, 4) is 0 Å². The van der Waals surface area contributed by atoms with Crippen LogP contribution in [0, 0.1) is 0 Å². The maximum Gasteiger partial charge on any atom is 0.303 e. The van der Waals surface area contributed by atoms with Crippen LogP contribution in [0.15, 0.2) is 24.8 Å². The fourth-order valence-corrected chi connectivity index (χ4v) is 4.66. The lowest BCUT2D eigenvalue weighted by atomic mass is 10.1. The number of aliphatic hydroxyl groups is 3. The third kappa shape index (κ3) is 5.53. The molecule has 35 heavy (non-hydrogen) atoms. The molecule has 4 N–H and O–H groups in total. The molecule has 11 heteroatoms. The Bertz CT molecular complexity index is 1090. The van der Waals surface area contributed by atoms with E-state index in [1.165, 1.54) is 0 Å². The van der Waals surface area contributed by atoms with Gasteiger partial charge in [-0.1, -0.05) is 25.3 Å². The van der Waals surface area contributed by atoms with E-state index in [-0.39, 0.29) is 18.6 Å². The smallest absolute Gasteiger partial charge is 0.303 e. The molecule has 4 heterocycles. The highest BCUT2D eigenvalue weighted by Crippen LogP contribution is 2.33. The van der Waals surface area contributed by atoms with Crippen molar-refractivity contribution < 1.29 is 34.8 Å². The van der Waals surface area contributed by atoms with E-state index in [4.69, 9.17) is 9.84 Å². The Hall–Kier alpha value is -2.86. The van der Waals surface area contributed by atoms with Gasteiger partial charge in [-0.25, -0.2) is 9.97 Å². The molecular weight excluding hydrogens is 456 g/mol. The lowest BCUT2D eigenvalue weighted by Gasteiger charge is -2.31. The average Bonchev–Trinajstić information content (AvgIpc) is 3.38. The number of anilines is 1. The molecule has 4 atom stereocenters. The van der Waals surface area contributed by atoms with E-state index in [0.29, 0.717) is 30.7 Å². The number of aliphatic carboxylic acids is 1. The van der Waals surface area contributed by atoms with E-state index >= 15 is 0 Å². The summed E-state index contributed by atoms with van der Waals surface area (Å²) < 4.78 is 7.47. The van der Waals surface area contributed by atoms with Crippen molar-refractivity contribution in [1.29, 1.82) is 0 Å². The van der Waals surface area contributed by atoms with Gasteiger partial charge in [0.2, 0.25) is 0 Å². The van der Waals surface area contributed by atoms with Crippen LogP contribution in [0.4, 0.5) is 5.82 Å². The first kappa shape index (κ1) is 25.2. The summed E-state index contributed by atoms with van der Waals surface area (Å²) in [7, 11) is 0. The zero-order valence-corrected chi connectivity index (χ0v) is 19.5. The summed E-state index contributed by atoms with van der Waals surface area (Å²) >= 11 is 0. The molecule has 0 aromatic carbocycles. The van der Waals surface area contributed by atoms with Crippen LogP contribution >= 0.6 is 0 Å². The van der Waals surface area contributed by atoms with Crippen LogP contribution in [0.25, 0.3) is 5.65 Å². The van der Waals surface area contributed by atoms with Crippen molar-refractivity contribution in [3.05, 3.63) is 36.1 Å². The number of allylic oxidation sites excluding steroid dienone is 1. The number of carbonyl (C=O) groups is 2. The molecule has 1 unspecified atom stereocenters. The van der Waals surface area contributed by atoms with Gasteiger partial charge in [-0.3, -0.25) is 14.0 Å². The van der Waals surface area contributed by atoms with Gasteiger partial charge in [0.25, 0.3) is 0 Å². The van der Waals surface area contributed by atoms with E-state index in [1.807, 2.05) is 6.08 Å². The number of carboxylic acid groups (broad SMARTS) is 1. The highest BCUT2D eigenvalue weighted by molar-refractivity contribution is 5.81. The minimum absolute atomic E-state index is 0.114. The first-order chi connectivity index (χ1) is 16.9. The molecule has 0 radical (unpaired) electrons. The Morgan fingerprint density at radius 3 is 2.51 bits per heavy atom. The molecule has 0 saturated carbocycles. The number of rotatable bonds is 12. The van der Waals surface area contributed by atoms with Crippen molar-refractivity contribution >= 4 is 23.2 Å². The number of carboxylic acids is 1. The second kappa shape index (κ2) is 11.3. The molecular formula is C24H32N4O7. The number of nitrogens with zero attached hydrogens (tertiary/aromatic N) is 4. The molecule has 0 aliphatic carbocycles. The van der Waals surface area contributed by atoms with Gasteiger partial charge >= 0.3 is 5.97 Å². The van der Waals surface area contributed by atoms with Crippen LogP contribution in [0.5, 0.6) is 0 Å². The first-order valence-electron chi connectivity index (χ1n) is 12.1. The van der Waals surface area contributed by atoms with Crippen molar-refractivity contribution in [2.75, 3.05) is 11.5 Å². The summed E-state index contributed by atoms with van der Waals surface area (Å²) in [4.78, 5) is 33.8. The molecule has 0 amide bonds. The lowest BCUT2D eigenvalue weighted by molar-refractivity contribution is -0.137. The van der Waals surface area contributed by atoms with Gasteiger partial charge in [0.15, 0.2) is 6.23 Å². The van der Waals surface area contributed by atoms with E-state index in [2.05, 4.69) is 9.97 Å². The van der Waals surface area contributed by atoms with E-state index < -0.39 is 37.1 Å². The van der Waals surface area contributed by atoms with Crippen LogP contribution in [-0.4, -0.2) is 77.7 Å². The number of hydrogen-bond acceptors (Lipinski definition) is 9. The summed E-state index contributed by atoms with van der Waals surface area (Å²) in [6.07, 6.45) is 8.28. The molecule has 4 rings (SSSR count). The molecule has 0 spiro atoms. The summed E-state index contributed by atoms with van der Waals surface area (Å²) in [6, 6.07) is 0. The molecule has 1 fully saturated rings. The number of hydrogen-bond donors (Lipinski definition) is 4. The molecule has 1 saturated heterocycles. The molecule has 190 valence electrons. The number of fused-ring (bicyclic) bond motifs is 3. The Balaban J connectivity index is 1.38. The number of Topliss-reactive ketones (excluding diaryl/α,β-unsaturated/α-hetero) is 1. The minimum Gasteiger partial charge on any atom is -0.481 e. The minimum atomic E-state index is -1.22. The van der Waals surface area contributed by atoms with Crippen LogP contribution in [0.2, 0.25) is 0 Å². The Kier molecular flexibility index (Phi) is 8.11. The van der Waals surface area contributed by atoms with Gasteiger partial charge in [0, 0.05) is 37.2 Å². The zero-order chi connectivity index (χ0) is 24.9. The number of ether oxygens (including phenoxy) is 1. The standard InChI is InChI=1S/C24H32N4O7/c29-13-18-20(33)21(34)24(35-18)27-10-6-8-17-22-25-12-15(28(22)14-26-23(17)27)11-16(30)7-4-2-1-3-5-9-19(31)32/h6,10,12,14,18,20-21,24,29,33-34H,1-5,7-9,11,13H2,(H,31,32)/t18-,20-,21-,24?/m1/s1. The molecule has 2 aliphatic heterocycles. The number of ketones is 1. The summed E-state index contributed by atoms with van der Waals surface area (Å²) in [5.74, 6) is -0.115. The topological polar surface area (TPSA) is 158 Å². The van der Waals surface area contributed by atoms with Gasteiger partial charge in [0.1, 0.15) is 41.9 Å². The SMILES string of the molecule is O=C(O)CCCCCCCC(=O)Cc1cnc2c3c(ncn12)N(C1O[C@H](CO)[C@@H](O)[C@H]1O)C=CC3. The predicted octanol–water partition coefficient (Wildman–Crippen LogP) is 0.971. The van der Waals surface area contributed by atoms with Crippen molar-refractivity contribution in [1.82, 2.24) is 14.4 Å². The second-order valence-electron chi connectivity index (χ2n) is 9.09. The number of unbranched alkanes of at least 4 members (excludes halogenated alkanes) is 4. The number of imidazole rings is 1. The Morgan fingerprint density at radius 2 is 1.80 bits per heavy atom. The molecule has 11 nitrogen and oxygen atoms in total. The van der Waals surface area contributed by atoms with Crippen molar-refractivity contribution in [3.63, 3.8) is 0 Å². The second-order valence-corrected chi connectivity index (χ2v) is 9.09. The van der Waals surface area contributed by atoms with E-state index in [0.717, 1.165) is 36.9 Å². The van der Waals surface area contributed by atoms with Crippen LogP contribution in [-0.2, 0) is 27.2 Å². The highest BCUT2D eigenvalue weighted by Gasteiger charge is 2.46. The fourth-order valence-electron chi connectivity index (χ4n) is 4.66. The quantitative estimate of drug-likeness (QED) is 0.317. The maximum atomic E-state index is 12.5. The third-order valence-corrected chi connectivity index (χ3v) is 6.56. The summed E-state index contributed by atoms with van der Waals surface area (Å²) in [5.41, 5.74) is 2.22.